The molecule has 1 aliphatic carbocycles. The number of alkyl carbamates (subject to hydrolysis) is 1. The van der Waals surface area contributed by atoms with Crippen LogP contribution >= 0.6 is 0 Å². The van der Waals surface area contributed by atoms with E-state index in [2.05, 4.69) is 39.9 Å². The van der Waals surface area contributed by atoms with E-state index in [-0.39, 0.29) is 35.8 Å². The maximum atomic E-state index is 11.8. The Hall–Kier alpha value is -0.745. The topological polar surface area (TPSA) is 56.8 Å². The highest BCUT2D eigenvalue weighted by Gasteiger charge is 2.61. The average molecular weight is 311 g/mol. The van der Waals surface area contributed by atoms with Crippen molar-refractivity contribution in [2.75, 3.05) is 0 Å². The van der Waals surface area contributed by atoms with Gasteiger partial charge in [0, 0.05) is 11.4 Å². The van der Waals surface area contributed by atoms with Crippen LogP contribution in [0.3, 0.4) is 0 Å². The van der Waals surface area contributed by atoms with Gasteiger partial charge in [-0.05, 0) is 61.3 Å². The van der Waals surface area contributed by atoms with Crippen molar-refractivity contribution in [2.24, 2.45) is 0 Å². The number of carbonyl (C=O) groups excluding carboxylic acids is 1. The molecule has 1 saturated heterocycles. The van der Waals surface area contributed by atoms with Crippen molar-refractivity contribution in [1.29, 1.82) is 0 Å². The van der Waals surface area contributed by atoms with Crippen molar-refractivity contribution in [3.05, 3.63) is 0 Å². The van der Waals surface area contributed by atoms with Crippen LogP contribution in [-0.4, -0.2) is 36.1 Å². The van der Waals surface area contributed by atoms with Gasteiger partial charge in [-0.15, -0.1) is 0 Å². The SMILES string of the molecule is CC(C)(C)OC(=O)NC1CC(C)(B2OC(C)(C)C(C)(C)O2)C1. The largest absolute Gasteiger partial charge is 0.464 e. The Labute approximate surface area is 134 Å². The fourth-order valence-electron chi connectivity index (χ4n) is 2.96. The van der Waals surface area contributed by atoms with Crippen LogP contribution < -0.4 is 5.32 Å². The smallest absolute Gasteiger partial charge is 0.444 e. The molecule has 1 amide bonds. The lowest BCUT2D eigenvalue weighted by Gasteiger charge is -2.46. The average Bonchev–Trinajstić information content (AvgIpc) is 2.43. The summed E-state index contributed by atoms with van der Waals surface area (Å²) in [6, 6.07) is 0.124. The molecule has 0 aromatic rings. The zero-order valence-corrected chi connectivity index (χ0v) is 15.2. The monoisotopic (exact) mass is 311 g/mol. The highest BCUT2D eigenvalue weighted by atomic mass is 16.7. The Bertz CT molecular complexity index is 434. The summed E-state index contributed by atoms with van der Waals surface area (Å²) < 4.78 is 17.6. The number of hydrogen-bond acceptors (Lipinski definition) is 4. The summed E-state index contributed by atoms with van der Waals surface area (Å²) in [6.45, 7) is 16.0. The first-order valence-electron chi connectivity index (χ1n) is 8.09. The molecule has 22 heavy (non-hydrogen) atoms. The van der Waals surface area contributed by atoms with Crippen molar-refractivity contribution < 1.29 is 18.8 Å². The quantitative estimate of drug-likeness (QED) is 0.793. The summed E-state index contributed by atoms with van der Waals surface area (Å²) in [5.41, 5.74) is -1.10. The standard InChI is InChI=1S/C16H30BNO4/c1-13(2,3)20-12(19)18-11-9-16(8,10-11)17-21-14(4,5)15(6,7)22-17/h11H,9-10H2,1-8H3,(H,18,19). The minimum atomic E-state index is -0.469. The first-order valence-corrected chi connectivity index (χ1v) is 8.09. The highest BCUT2D eigenvalue weighted by Crippen LogP contribution is 2.55. The summed E-state index contributed by atoms with van der Waals surface area (Å²) in [5.74, 6) is 0. The van der Waals surface area contributed by atoms with Gasteiger partial charge >= 0.3 is 13.2 Å². The number of nitrogens with one attached hydrogen (secondary N) is 1. The van der Waals surface area contributed by atoms with Crippen molar-refractivity contribution in [1.82, 2.24) is 5.32 Å². The molecule has 126 valence electrons. The van der Waals surface area contributed by atoms with Crippen LogP contribution in [-0.2, 0) is 14.0 Å². The molecule has 0 aromatic heterocycles. The molecule has 1 heterocycles. The van der Waals surface area contributed by atoms with Crippen molar-refractivity contribution >= 4 is 13.2 Å². The van der Waals surface area contributed by atoms with Crippen LogP contribution in [0.4, 0.5) is 4.79 Å². The number of carbonyl (C=O) groups is 1. The fraction of sp³-hybridized carbons (Fsp3) is 0.938. The highest BCUT2D eigenvalue weighted by molar-refractivity contribution is 6.50. The van der Waals surface area contributed by atoms with Crippen LogP contribution in [0.25, 0.3) is 0 Å². The number of amides is 1. The molecule has 0 bridgehead atoms. The van der Waals surface area contributed by atoms with E-state index in [9.17, 15) is 4.79 Å². The molecule has 0 unspecified atom stereocenters. The van der Waals surface area contributed by atoms with Crippen LogP contribution in [0.1, 0.15) is 68.2 Å². The van der Waals surface area contributed by atoms with Gasteiger partial charge in [-0.1, -0.05) is 6.92 Å². The molecule has 0 aromatic carbocycles. The molecule has 1 N–H and O–H groups in total. The second-order valence-electron chi connectivity index (χ2n) is 8.99. The fourth-order valence-corrected chi connectivity index (χ4v) is 2.96. The molecule has 2 aliphatic rings. The Balaban J connectivity index is 1.87. The lowest BCUT2D eigenvalue weighted by molar-refractivity contribution is 0.00578. The van der Waals surface area contributed by atoms with E-state index in [4.69, 9.17) is 14.0 Å². The summed E-state index contributed by atoms with van der Waals surface area (Å²) in [4.78, 5) is 11.8. The molecule has 0 radical (unpaired) electrons. The van der Waals surface area contributed by atoms with Gasteiger partial charge in [0.15, 0.2) is 0 Å². The molecule has 2 rings (SSSR count). The van der Waals surface area contributed by atoms with Gasteiger partial charge in [0.1, 0.15) is 5.60 Å². The van der Waals surface area contributed by atoms with Crippen molar-refractivity contribution in [3.8, 4) is 0 Å². The predicted octanol–water partition coefficient (Wildman–Crippen LogP) is 3.53. The van der Waals surface area contributed by atoms with Gasteiger partial charge in [-0.3, -0.25) is 0 Å². The predicted molar refractivity (Wildman–Crippen MR) is 86.8 cm³/mol. The zero-order chi connectivity index (χ0) is 17.0. The Morgan fingerprint density at radius 3 is 1.95 bits per heavy atom. The molecule has 1 aliphatic heterocycles. The van der Waals surface area contributed by atoms with Gasteiger partial charge in [0.05, 0.1) is 11.2 Å². The maximum Gasteiger partial charge on any atom is 0.464 e. The van der Waals surface area contributed by atoms with Gasteiger partial charge in [0.2, 0.25) is 0 Å². The summed E-state index contributed by atoms with van der Waals surface area (Å²) in [6.07, 6.45) is 1.32. The number of ether oxygens (including phenoxy) is 1. The lowest BCUT2D eigenvalue weighted by Crippen LogP contribution is -2.53. The minimum Gasteiger partial charge on any atom is -0.444 e. The zero-order valence-electron chi connectivity index (χ0n) is 15.2. The van der Waals surface area contributed by atoms with Gasteiger partial charge < -0.3 is 19.4 Å². The first-order chi connectivity index (χ1) is 9.74. The van der Waals surface area contributed by atoms with Crippen LogP contribution in [0.5, 0.6) is 0 Å². The third-order valence-corrected chi connectivity index (χ3v) is 4.97. The first kappa shape index (κ1) is 17.6. The van der Waals surface area contributed by atoms with E-state index in [0.29, 0.717) is 0 Å². The Morgan fingerprint density at radius 1 is 1.09 bits per heavy atom. The van der Waals surface area contributed by atoms with Crippen molar-refractivity contribution in [2.45, 2.75) is 96.4 Å². The van der Waals surface area contributed by atoms with Crippen LogP contribution in [0.2, 0.25) is 5.31 Å². The van der Waals surface area contributed by atoms with Gasteiger partial charge in [-0.2, -0.15) is 0 Å². The summed E-state index contributed by atoms with van der Waals surface area (Å²) in [5, 5.41) is 2.86. The molecule has 1 saturated carbocycles. The van der Waals surface area contributed by atoms with E-state index in [0.717, 1.165) is 12.8 Å². The van der Waals surface area contributed by atoms with Crippen molar-refractivity contribution in [3.63, 3.8) is 0 Å². The normalized spacial score (nSPS) is 33.3. The molecule has 5 nitrogen and oxygen atoms in total. The second-order valence-corrected chi connectivity index (χ2v) is 8.99. The number of hydrogen-bond donors (Lipinski definition) is 1. The Morgan fingerprint density at radius 2 is 1.55 bits per heavy atom. The number of rotatable bonds is 2. The molecular formula is C16H30BNO4. The van der Waals surface area contributed by atoms with E-state index in [1.54, 1.807) is 0 Å². The van der Waals surface area contributed by atoms with E-state index >= 15 is 0 Å². The van der Waals surface area contributed by atoms with E-state index in [1.165, 1.54) is 0 Å². The Kier molecular flexibility index (Phi) is 4.11. The van der Waals surface area contributed by atoms with Gasteiger partial charge in [-0.25, -0.2) is 4.79 Å². The van der Waals surface area contributed by atoms with Crippen LogP contribution in [0.15, 0.2) is 0 Å². The third-order valence-electron chi connectivity index (χ3n) is 4.97. The van der Waals surface area contributed by atoms with Crippen LogP contribution in [0, 0.1) is 0 Å². The molecule has 0 atom stereocenters. The molecule has 0 spiro atoms. The second kappa shape index (κ2) is 5.13. The third kappa shape index (κ3) is 3.43. The molecule has 2 fully saturated rings. The summed E-state index contributed by atoms with van der Waals surface area (Å²) in [7, 11) is -0.228. The van der Waals surface area contributed by atoms with E-state index < -0.39 is 5.60 Å². The summed E-state index contributed by atoms with van der Waals surface area (Å²) >= 11 is 0. The van der Waals surface area contributed by atoms with Gasteiger partial charge in [0.25, 0.3) is 0 Å². The minimum absolute atomic E-state index is 0.0648. The lowest BCUT2D eigenvalue weighted by atomic mass is 9.46. The molecular weight excluding hydrogens is 281 g/mol. The van der Waals surface area contributed by atoms with E-state index in [1.807, 2.05) is 20.8 Å². The maximum absolute atomic E-state index is 11.8. The molecule has 6 heteroatoms.